The lowest BCUT2D eigenvalue weighted by Crippen LogP contribution is -2.38. The number of aryl methyl sites for hydroxylation is 1. The summed E-state index contributed by atoms with van der Waals surface area (Å²) in [4.78, 5) is 16.5. The summed E-state index contributed by atoms with van der Waals surface area (Å²) in [5.41, 5.74) is 2.03. The highest BCUT2D eigenvalue weighted by atomic mass is 16.5. The van der Waals surface area contributed by atoms with E-state index in [9.17, 15) is 4.79 Å². The first-order chi connectivity index (χ1) is 14.6. The lowest BCUT2D eigenvalue weighted by Gasteiger charge is -2.14. The number of guanidine groups is 1. The largest absolute Gasteiger partial charge is 0.459 e. The third kappa shape index (κ3) is 8.29. The fraction of sp³-hybridized carbons (Fsp3) is 0.478. The highest BCUT2D eigenvalue weighted by Gasteiger charge is 2.11. The Hall–Kier alpha value is -2.80. The highest BCUT2D eigenvalue weighted by Crippen LogP contribution is 2.15. The average Bonchev–Trinajstić information content (AvgIpc) is 3.19. The van der Waals surface area contributed by atoms with Crippen molar-refractivity contribution in [2.75, 3.05) is 32.8 Å². The van der Waals surface area contributed by atoms with Crippen molar-refractivity contribution >= 4 is 11.9 Å². The Kier molecular flexibility index (Phi) is 10.5. The minimum atomic E-state index is -0.184. The molecule has 3 N–H and O–H groups in total. The third-order valence-corrected chi connectivity index (χ3v) is 4.55. The van der Waals surface area contributed by atoms with Crippen molar-refractivity contribution in [3.8, 4) is 0 Å². The smallest absolute Gasteiger partial charge is 0.287 e. The molecule has 0 saturated heterocycles. The molecule has 0 bridgehead atoms. The van der Waals surface area contributed by atoms with E-state index in [1.54, 1.807) is 6.07 Å². The predicted octanol–water partition coefficient (Wildman–Crippen LogP) is 3.43. The molecule has 0 fully saturated rings. The van der Waals surface area contributed by atoms with Crippen LogP contribution in [-0.4, -0.2) is 44.7 Å². The summed E-state index contributed by atoms with van der Waals surface area (Å²) >= 11 is 0. The van der Waals surface area contributed by atoms with Crippen molar-refractivity contribution in [1.29, 1.82) is 0 Å². The molecule has 1 aromatic heterocycles. The van der Waals surface area contributed by atoms with Crippen LogP contribution in [-0.2, 0) is 4.74 Å². The second-order valence-corrected chi connectivity index (χ2v) is 7.01. The average molecular weight is 415 g/mol. The minimum Gasteiger partial charge on any atom is -0.459 e. The second-order valence-electron chi connectivity index (χ2n) is 7.01. The van der Waals surface area contributed by atoms with Crippen LogP contribution in [0.2, 0.25) is 0 Å². The van der Waals surface area contributed by atoms with E-state index in [-0.39, 0.29) is 12.0 Å². The number of carbonyl (C=O) groups is 1. The molecule has 7 nitrogen and oxygen atoms in total. The molecular weight excluding hydrogens is 380 g/mol. The van der Waals surface area contributed by atoms with Crippen LogP contribution in [0.25, 0.3) is 0 Å². The molecule has 7 heteroatoms. The van der Waals surface area contributed by atoms with Crippen molar-refractivity contribution in [2.45, 2.75) is 39.7 Å². The Bertz CT molecular complexity index is 774. The van der Waals surface area contributed by atoms with Gasteiger partial charge in [-0.05, 0) is 45.2 Å². The number of rotatable bonds is 12. The van der Waals surface area contributed by atoms with Gasteiger partial charge in [-0.25, -0.2) is 0 Å². The summed E-state index contributed by atoms with van der Waals surface area (Å²) in [7, 11) is 0. The fourth-order valence-corrected chi connectivity index (χ4v) is 2.86. The molecular formula is C23H34N4O3. The van der Waals surface area contributed by atoms with Gasteiger partial charge in [0, 0.05) is 38.3 Å². The molecule has 0 aliphatic heterocycles. The van der Waals surface area contributed by atoms with E-state index in [4.69, 9.17) is 9.15 Å². The Morgan fingerprint density at radius 3 is 2.57 bits per heavy atom. The first-order valence-electron chi connectivity index (χ1n) is 10.6. The lowest BCUT2D eigenvalue weighted by molar-refractivity contribution is 0.0646. The number of furan rings is 1. The van der Waals surface area contributed by atoms with Crippen LogP contribution >= 0.6 is 0 Å². The van der Waals surface area contributed by atoms with Gasteiger partial charge in [0.25, 0.3) is 5.91 Å². The molecule has 1 atom stereocenters. The van der Waals surface area contributed by atoms with E-state index >= 15 is 0 Å². The van der Waals surface area contributed by atoms with Crippen molar-refractivity contribution in [3.63, 3.8) is 0 Å². The molecule has 1 aromatic carbocycles. The highest BCUT2D eigenvalue weighted by molar-refractivity contribution is 5.92. The number of aliphatic imine (C=N–C) groups is 1. The summed E-state index contributed by atoms with van der Waals surface area (Å²) in [5.74, 6) is 0.968. The summed E-state index contributed by atoms with van der Waals surface area (Å²) in [5, 5.41) is 9.41. The van der Waals surface area contributed by atoms with Crippen molar-refractivity contribution in [2.24, 2.45) is 4.99 Å². The Morgan fingerprint density at radius 1 is 1.10 bits per heavy atom. The summed E-state index contributed by atoms with van der Waals surface area (Å²) in [6.45, 7) is 9.38. The minimum absolute atomic E-state index is 0.0910. The van der Waals surface area contributed by atoms with E-state index < -0.39 is 0 Å². The quantitative estimate of drug-likeness (QED) is 0.281. The maximum Gasteiger partial charge on any atom is 0.287 e. The fourth-order valence-electron chi connectivity index (χ4n) is 2.86. The molecule has 1 heterocycles. The molecule has 164 valence electrons. The topological polar surface area (TPSA) is 87.9 Å². The predicted molar refractivity (Wildman–Crippen MR) is 120 cm³/mol. The number of nitrogens with zero attached hydrogens (tertiary/aromatic N) is 1. The second kappa shape index (κ2) is 13.4. The zero-order valence-corrected chi connectivity index (χ0v) is 18.2. The molecule has 1 amide bonds. The third-order valence-electron chi connectivity index (χ3n) is 4.55. The van der Waals surface area contributed by atoms with Gasteiger partial charge >= 0.3 is 0 Å². The molecule has 0 spiro atoms. The number of benzene rings is 1. The monoisotopic (exact) mass is 414 g/mol. The Balaban J connectivity index is 1.60. The molecule has 0 aliphatic rings. The van der Waals surface area contributed by atoms with Crippen LogP contribution in [0, 0.1) is 6.92 Å². The molecule has 0 saturated carbocycles. The van der Waals surface area contributed by atoms with Crippen LogP contribution in [0.1, 0.15) is 54.5 Å². The van der Waals surface area contributed by atoms with Gasteiger partial charge in [0.05, 0.1) is 12.4 Å². The number of amides is 1. The zero-order chi connectivity index (χ0) is 21.6. The first kappa shape index (κ1) is 23.5. The molecule has 0 radical (unpaired) electrons. The molecule has 0 aliphatic carbocycles. The summed E-state index contributed by atoms with van der Waals surface area (Å²) < 4.78 is 11.1. The van der Waals surface area contributed by atoms with Crippen LogP contribution in [0.5, 0.6) is 0 Å². The van der Waals surface area contributed by atoms with Gasteiger partial charge in [0.1, 0.15) is 0 Å². The summed E-state index contributed by atoms with van der Waals surface area (Å²) in [6, 6.07) is 12.0. The van der Waals surface area contributed by atoms with Crippen LogP contribution in [0.4, 0.5) is 0 Å². The van der Waals surface area contributed by atoms with Crippen molar-refractivity contribution < 1.29 is 13.9 Å². The standard InChI is InChI=1S/C23H34N4O3/c1-4-24-23(26-14-8-13-25-22(28)21-18(2)12-17-30-21)27-15-9-16-29-19(3)20-10-6-5-7-11-20/h5-7,10-12,17,19H,4,8-9,13-16H2,1-3H3,(H,25,28)(H2,24,26,27). The molecule has 1 unspecified atom stereocenters. The molecule has 2 aromatic rings. The number of ether oxygens (including phenoxy) is 1. The maximum atomic E-state index is 12.0. The zero-order valence-electron chi connectivity index (χ0n) is 18.2. The maximum absolute atomic E-state index is 12.0. The van der Waals surface area contributed by atoms with Gasteiger partial charge in [0.2, 0.25) is 0 Å². The van der Waals surface area contributed by atoms with Crippen molar-refractivity contribution in [3.05, 3.63) is 59.5 Å². The summed E-state index contributed by atoms with van der Waals surface area (Å²) in [6.07, 6.45) is 3.25. The van der Waals surface area contributed by atoms with Crippen molar-refractivity contribution in [1.82, 2.24) is 16.0 Å². The first-order valence-corrected chi connectivity index (χ1v) is 10.6. The van der Waals surface area contributed by atoms with Gasteiger partial charge in [-0.3, -0.25) is 9.79 Å². The van der Waals surface area contributed by atoms with Gasteiger partial charge in [-0.1, -0.05) is 30.3 Å². The van der Waals surface area contributed by atoms with E-state index in [2.05, 4.69) is 40.0 Å². The van der Waals surface area contributed by atoms with Gasteiger partial charge in [-0.2, -0.15) is 0 Å². The van der Waals surface area contributed by atoms with Gasteiger partial charge in [-0.15, -0.1) is 0 Å². The van der Waals surface area contributed by atoms with Crippen LogP contribution in [0.3, 0.4) is 0 Å². The molecule has 2 rings (SSSR count). The van der Waals surface area contributed by atoms with E-state index in [0.717, 1.165) is 37.5 Å². The van der Waals surface area contributed by atoms with E-state index in [0.29, 0.717) is 25.5 Å². The number of nitrogens with one attached hydrogen (secondary N) is 3. The normalized spacial score (nSPS) is 12.4. The van der Waals surface area contributed by atoms with E-state index in [1.807, 2.05) is 32.0 Å². The Morgan fingerprint density at radius 2 is 1.87 bits per heavy atom. The van der Waals surface area contributed by atoms with Gasteiger partial charge in [0.15, 0.2) is 11.7 Å². The Labute approximate surface area is 179 Å². The number of hydrogen-bond donors (Lipinski definition) is 3. The molecule has 30 heavy (non-hydrogen) atoms. The SMILES string of the molecule is CCNC(=NCCCNC(=O)c1occc1C)NCCCOC(C)c1ccccc1. The number of carbonyl (C=O) groups excluding carboxylic acids is 1. The van der Waals surface area contributed by atoms with Crippen LogP contribution in [0.15, 0.2) is 52.1 Å². The van der Waals surface area contributed by atoms with Crippen LogP contribution < -0.4 is 16.0 Å². The van der Waals surface area contributed by atoms with Gasteiger partial charge < -0.3 is 25.1 Å². The lowest BCUT2D eigenvalue weighted by atomic mass is 10.1. The van der Waals surface area contributed by atoms with E-state index in [1.165, 1.54) is 11.8 Å². The number of hydrogen-bond acceptors (Lipinski definition) is 4.